The van der Waals surface area contributed by atoms with Crippen molar-refractivity contribution < 1.29 is 4.52 Å². The first kappa shape index (κ1) is 12.7. The standard InChI is InChI=1S/C15H12ClN3O/c16-12-3-1-2-10(8-12)9-14-18-15(19-20-14)11-4-6-13(17)7-5-11/h1-8H,9,17H2. The van der Waals surface area contributed by atoms with Crippen LogP contribution in [0.2, 0.25) is 5.02 Å². The zero-order valence-corrected chi connectivity index (χ0v) is 11.3. The fraction of sp³-hybridized carbons (Fsp3) is 0.0667. The molecule has 0 saturated carbocycles. The maximum absolute atomic E-state index is 5.95. The zero-order chi connectivity index (χ0) is 13.9. The number of nitrogen functional groups attached to an aromatic ring is 1. The monoisotopic (exact) mass is 285 g/mol. The Bertz CT molecular complexity index is 722. The summed E-state index contributed by atoms with van der Waals surface area (Å²) < 4.78 is 5.26. The van der Waals surface area contributed by atoms with Gasteiger partial charge in [0.25, 0.3) is 0 Å². The summed E-state index contributed by atoms with van der Waals surface area (Å²) in [6.07, 6.45) is 0.558. The number of hydrogen-bond donors (Lipinski definition) is 1. The molecular weight excluding hydrogens is 274 g/mol. The van der Waals surface area contributed by atoms with Gasteiger partial charge in [0.1, 0.15) is 0 Å². The van der Waals surface area contributed by atoms with Crippen LogP contribution in [0.4, 0.5) is 5.69 Å². The third kappa shape index (κ3) is 2.81. The first-order valence-electron chi connectivity index (χ1n) is 6.14. The second kappa shape index (κ2) is 5.35. The summed E-state index contributed by atoms with van der Waals surface area (Å²) >= 11 is 5.95. The van der Waals surface area contributed by atoms with Crippen LogP contribution in [-0.4, -0.2) is 10.1 Å². The number of benzene rings is 2. The lowest BCUT2D eigenvalue weighted by Crippen LogP contribution is -1.89. The molecule has 0 aliphatic heterocycles. The third-order valence-corrected chi connectivity index (χ3v) is 3.12. The van der Waals surface area contributed by atoms with Gasteiger partial charge in [0.2, 0.25) is 11.7 Å². The Balaban J connectivity index is 1.82. The number of nitrogens with zero attached hydrogens (tertiary/aromatic N) is 2. The normalized spacial score (nSPS) is 10.7. The van der Waals surface area contributed by atoms with Crippen LogP contribution in [0.5, 0.6) is 0 Å². The van der Waals surface area contributed by atoms with E-state index in [4.69, 9.17) is 21.9 Å². The van der Waals surface area contributed by atoms with Crippen molar-refractivity contribution in [3.05, 3.63) is 65.0 Å². The summed E-state index contributed by atoms with van der Waals surface area (Å²) in [5.41, 5.74) is 8.26. The van der Waals surface area contributed by atoms with Gasteiger partial charge in [-0.15, -0.1) is 0 Å². The van der Waals surface area contributed by atoms with Crippen molar-refractivity contribution >= 4 is 17.3 Å². The smallest absolute Gasteiger partial charge is 0.231 e. The molecule has 0 amide bonds. The van der Waals surface area contributed by atoms with Gasteiger partial charge in [-0.2, -0.15) is 4.98 Å². The topological polar surface area (TPSA) is 64.9 Å². The molecular formula is C15H12ClN3O. The minimum atomic E-state index is 0.555. The fourth-order valence-electron chi connectivity index (χ4n) is 1.90. The van der Waals surface area contributed by atoms with Crippen molar-refractivity contribution in [3.63, 3.8) is 0 Å². The molecule has 2 N–H and O–H groups in total. The van der Waals surface area contributed by atoms with Gasteiger partial charge in [0.15, 0.2) is 0 Å². The highest BCUT2D eigenvalue weighted by Gasteiger charge is 2.09. The van der Waals surface area contributed by atoms with Crippen LogP contribution >= 0.6 is 11.6 Å². The maximum atomic E-state index is 5.95. The quantitative estimate of drug-likeness (QED) is 0.747. The van der Waals surface area contributed by atoms with Crippen LogP contribution in [0.3, 0.4) is 0 Å². The molecule has 1 aromatic heterocycles. The molecule has 2 aromatic carbocycles. The van der Waals surface area contributed by atoms with E-state index in [0.29, 0.717) is 28.8 Å². The minimum Gasteiger partial charge on any atom is -0.399 e. The molecule has 3 rings (SSSR count). The van der Waals surface area contributed by atoms with Gasteiger partial charge in [0.05, 0.1) is 6.42 Å². The molecule has 4 nitrogen and oxygen atoms in total. The van der Waals surface area contributed by atoms with Crippen LogP contribution in [0.1, 0.15) is 11.5 Å². The summed E-state index contributed by atoms with van der Waals surface area (Å²) in [6.45, 7) is 0. The molecule has 0 aliphatic carbocycles. The molecule has 0 saturated heterocycles. The van der Waals surface area contributed by atoms with E-state index in [9.17, 15) is 0 Å². The molecule has 0 unspecified atom stereocenters. The van der Waals surface area contributed by atoms with E-state index in [1.807, 2.05) is 48.5 Å². The molecule has 0 radical (unpaired) electrons. The lowest BCUT2D eigenvalue weighted by atomic mass is 10.1. The predicted octanol–water partition coefficient (Wildman–Crippen LogP) is 3.56. The van der Waals surface area contributed by atoms with Gasteiger partial charge in [-0.1, -0.05) is 28.9 Å². The summed E-state index contributed by atoms with van der Waals surface area (Å²) in [4.78, 5) is 4.37. The van der Waals surface area contributed by atoms with Gasteiger partial charge in [-0.3, -0.25) is 0 Å². The number of aromatic nitrogens is 2. The van der Waals surface area contributed by atoms with Crippen LogP contribution in [0.15, 0.2) is 53.1 Å². The second-order valence-corrected chi connectivity index (χ2v) is 4.88. The van der Waals surface area contributed by atoms with Crippen LogP contribution < -0.4 is 5.73 Å². The molecule has 0 aliphatic rings. The lowest BCUT2D eigenvalue weighted by Gasteiger charge is -1.97. The first-order valence-corrected chi connectivity index (χ1v) is 6.51. The van der Waals surface area contributed by atoms with Crippen molar-refractivity contribution in [2.45, 2.75) is 6.42 Å². The maximum Gasteiger partial charge on any atom is 0.231 e. The number of hydrogen-bond acceptors (Lipinski definition) is 4. The number of nitrogens with two attached hydrogens (primary N) is 1. The van der Waals surface area contributed by atoms with E-state index < -0.39 is 0 Å². The number of halogens is 1. The summed E-state index contributed by atoms with van der Waals surface area (Å²) in [5.74, 6) is 1.11. The highest BCUT2D eigenvalue weighted by atomic mass is 35.5. The van der Waals surface area contributed by atoms with Gasteiger partial charge < -0.3 is 10.3 Å². The van der Waals surface area contributed by atoms with E-state index in [0.717, 1.165) is 11.1 Å². The van der Waals surface area contributed by atoms with Crippen LogP contribution in [0.25, 0.3) is 11.4 Å². The molecule has 0 spiro atoms. The van der Waals surface area contributed by atoms with Crippen LogP contribution in [-0.2, 0) is 6.42 Å². The van der Waals surface area contributed by atoms with E-state index in [-0.39, 0.29) is 0 Å². The van der Waals surface area contributed by atoms with Crippen molar-refractivity contribution in [2.75, 3.05) is 5.73 Å². The van der Waals surface area contributed by atoms with Crippen molar-refractivity contribution in [1.29, 1.82) is 0 Å². The minimum absolute atomic E-state index is 0.555. The average Bonchev–Trinajstić information content (AvgIpc) is 2.88. The molecule has 0 bridgehead atoms. The van der Waals surface area contributed by atoms with E-state index in [1.54, 1.807) is 0 Å². The Hall–Kier alpha value is -2.33. The van der Waals surface area contributed by atoms with Crippen molar-refractivity contribution in [3.8, 4) is 11.4 Å². The predicted molar refractivity (Wildman–Crippen MR) is 78.4 cm³/mol. The highest BCUT2D eigenvalue weighted by molar-refractivity contribution is 6.30. The number of anilines is 1. The zero-order valence-electron chi connectivity index (χ0n) is 10.6. The Kier molecular flexibility index (Phi) is 3.39. The molecule has 3 aromatic rings. The molecule has 20 heavy (non-hydrogen) atoms. The SMILES string of the molecule is Nc1ccc(-c2noc(Cc3cccc(Cl)c3)n2)cc1. The lowest BCUT2D eigenvalue weighted by molar-refractivity contribution is 0.385. The Morgan fingerprint density at radius 3 is 2.65 bits per heavy atom. The summed E-state index contributed by atoms with van der Waals surface area (Å²) in [7, 11) is 0. The molecule has 1 heterocycles. The van der Waals surface area contributed by atoms with E-state index in [1.165, 1.54) is 0 Å². The second-order valence-electron chi connectivity index (χ2n) is 4.44. The van der Waals surface area contributed by atoms with E-state index >= 15 is 0 Å². The fourth-order valence-corrected chi connectivity index (χ4v) is 2.11. The van der Waals surface area contributed by atoms with Gasteiger partial charge in [-0.25, -0.2) is 0 Å². The van der Waals surface area contributed by atoms with E-state index in [2.05, 4.69) is 10.1 Å². The average molecular weight is 286 g/mol. The first-order chi connectivity index (χ1) is 9.70. The summed E-state index contributed by atoms with van der Waals surface area (Å²) in [5, 5.41) is 4.67. The van der Waals surface area contributed by atoms with Gasteiger partial charge in [0, 0.05) is 16.3 Å². The third-order valence-electron chi connectivity index (χ3n) is 2.88. The Morgan fingerprint density at radius 2 is 1.90 bits per heavy atom. The summed E-state index contributed by atoms with van der Waals surface area (Å²) in [6, 6.07) is 14.9. The molecule has 0 fully saturated rings. The molecule has 0 atom stereocenters. The number of rotatable bonds is 3. The van der Waals surface area contributed by atoms with Crippen LogP contribution in [0, 0.1) is 0 Å². The molecule has 100 valence electrons. The largest absolute Gasteiger partial charge is 0.399 e. The highest BCUT2D eigenvalue weighted by Crippen LogP contribution is 2.19. The van der Waals surface area contributed by atoms with Crippen molar-refractivity contribution in [1.82, 2.24) is 10.1 Å². The Labute approximate surface area is 121 Å². The van der Waals surface area contributed by atoms with Gasteiger partial charge >= 0.3 is 0 Å². The van der Waals surface area contributed by atoms with Gasteiger partial charge in [-0.05, 0) is 42.0 Å². The molecule has 5 heteroatoms. The van der Waals surface area contributed by atoms with Crippen molar-refractivity contribution in [2.24, 2.45) is 0 Å². The Morgan fingerprint density at radius 1 is 1.10 bits per heavy atom.